The van der Waals surface area contributed by atoms with Crippen molar-refractivity contribution in [2.45, 2.75) is 98.0 Å². The van der Waals surface area contributed by atoms with Gasteiger partial charge < -0.3 is 29.7 Å². The first-order chi connectivity index (χ1) is 20.2. The van der Waals surface area contributed by atoms with Gasteiger partial charge in [0.05, 0.1) is 30.3 Å². The van der Waals surface area contributed by atoms with Crippen LogP contribution in [-0.2, 0) is 23.9 Å². The number of ketones is 1. The van der Waals surface area contributed by atoms with E-state index >= 15 is 0 Å². The highest BCUT2D eigenvalue weighted by atomic mass is 19.2. The van der Waals surface area contributed by atoms with Crippen molar-refractivity contribution in [1.82, 2.24) is 20.0 Å². The van der Waals surface area contributed by atoms with E-state index < -0.39 is 76.7 Å². The van der Waals surface area contributed by atoms with Crippen LogP contribution in [0.2, 0.25) is 0 Å². The summed E-state index contributed by atoms with van der Waals surface area (Å²) < 4.78 is 38.6. The summed E-state index contributed by atoms with van der Waals surface area (Å²) in [6.45, 7) is 13.9. The van der Waals surface area contributed by atoms with Crippen molar-refractivity contribution in [2.24, 2.45) is 11.3 Å². The van der Waals surface area contributed by atoms with Crippen molar-refractivity contribution in [2.75, 3.05) is 26.7 Å². The Kier molecular flexibility index (Phi) is 10.8. The first kappa shape index (κ1) is 35.3. The van der Waals surface area contributed by atoms with Gasteiger partial charge in [0.1, 0.15) is 11.8 Å². The number of nitrogens with one attached hydrogen (secondary N) is 1. The molecule has 2 heterocycles. The minimum absolute atomic E-state index is 0.0300. The predicted molar refractivity (Wildman–Crippen MR) is 157 cm³/mol. The summed E-state index contributed by atoms with van der Waals surface area (Å²) in [5.74, 6) is -4.61. The SMILES string of the molecule is CC(=O)C(=O)N1CC(COc2ccc(F)c(F)c2)C2C1CCN2C(=O)C(NC(=O)C(C)N(C)C(O)OC(C)(C)C)C(C)(C)C. The summed E-state index contributed by atoms with van der Waals surface area (Å²) in [6, 6.07) is 0.320. The van der Waals surface area contributed by atoms with Crippen LogP contribution < -0.4 is 10.1 Å². The number of hydrogen-bond acceptors (Lipinski definition) is 8. The molecule has 2 N–H and O–H groups in total. The molecule has 2 saturated heterocycles. The number of rotatable bonds is 10. The van der Waals surface area contributed by atoms with Gasteiger partial charge >= 0.3 is 0 Å². The molecule has 6 atom stereocenters. The molecule has 13 heteroatoms. The Morgan fingerprint density at radius 3 is 2.27 bits per heavy atom. The van der Waals surface area contributed by atoms with Crippen LogP contribution in [0.25, 0.3) is 0 Å². The summed E-state index contributed by atoms with van der Waals surface area (Å²) >= 11 is 0. The second-order valence-electron chi connectivity index (χ2n) is 13.7. The van der Waals surface area contributed by atoms with Crippen LogP contribution in [0.4, 0.5) is 8.78 Å². The Morgan fingerprint density at radius 2 is 1.73 bits per heavy atom. The highest BCUT2D eigenvalue weighted by Crippen LogP contribution is 2.38. The van der Waals surface area contributed by atoms with Crippen LogP contribution in [0, 0.1) is 23.0 Å². The van der Waals surface area contributed by atoms with Crippen LogP contribution >= 0.6 is 0 Å². The summed E-state index contributed by atoms with van der Waals surface area (Å²) in [5.41, 5.74) is -1.39. The van der Waals surface area contributed by atoms with Gasteiger partial charge in [-0.25, -0.2) is 13.7 Å². The quantitative estimate of drug-likeness (QED) is 0.300. The molecule has 246 valence electrons. The van der Waals surface area contributed by atoms with Crippen molar-refractivity contribution in [3.05, 3.63) is 29.8 Å². The van der Waals surface area contributed by atoms with E-state index in [4.69, 9.17) is 9.47 Å². The Morgan fingerprint density at radius 1 is 1.09 bits per heavy atom. The Bertz CT molecular complexity index is 1250. The van der Waals surface area contributed by atoms with Gasteiger partial charge in [0, 0.05) is 32.0 Å². The van der Waals surface area contributed by atoms with E-state index in [1.54, 1.807) is 32.6 Å². The molecule has 0 saturated carbocycles. The highest BCUT2D eigenvalue weighted by molar-refractivity contribution is 6.35. The summed E-state index contributed by atoms with van der Waals surface area (Å²) in [5, 5.41) is 13.4. The molecule has 2 aliphatic heterocycles. The number of likely N-dealkylation sites (tertiary alicyclic amines) is 2. The predicted octanol–water partition coefficient (Wildman–Crippen LogP) is 2.30. The lowest BCUT2D eigenvalue weighted by molar-refractivity contribution is -0.239. The number of aliphatic hydroxyl groups is 1. The molecule has 11 nitrogen and oxygen atoms in total. The van der Waals surface area contributed by atoms with Gasteiger partial charge in [0.15, 0.2) is 11.6 Å². The standard InChI is InChI=1S/C31H46F2N4O7/c1-17(35(9)29(42)44-31(6,7)8)26(39)34-25(30(3,4)5)28(41)36-13-12-23-24(36)19(15-37(23)27(40)18(2)38)16-43-20-10-11-21(32)22(33)14-20/h10-11,14,17,19,23-25,29,42H,12-13,15-16H2,1-9H3,(H,34,39). The third-order valence-electron chi connectivity index (χ3n) is 8.13. The zero-order chi connectivity index (χ0) is 33.3. The number of hydrogen-bond donors (Lipinski definition) is 2. The van der Waals surface area contributed by atoms with Crippen molar-refractivity contribution in [3.8, 4) is 5.75 Å². The molecule has 0 aliphatic carbocycles. The van der Waals surface area contributed by atoms with Gasteiger partial charge in [-0.15, -0.1) is 0 Å². The van der Waals surface area contributed by atoms with E-state index in [2.05, 4.69) is 5.32 Å². The Balaban J connectivity index is 1.84. The molecule has 0 aromatic heterocycles. The van der Waals surface area contributed by atoms with Crippen LogP contribution in [0.15, 0.2) is 18.2 Å². The lowest BCUT2D eigenvalue weighted by Gasteiger charge is -2.38. The average Bonchev–Trinajstić information content (AvgIpc) is 3.50. The van der Waals surface area contributed by atoms with Gasteiger partial charge in [0.25, 0.3) is 5.91 Å². The average molecular weight is 625 g/mol. The molecule has 3 rings (SSSR count). The Hall–Kier alpha value is -3.16. The molecule has 3 amide bonds. The molecule has 1 aromatic carbocycles. The van der Waals surface area contributed by atoms with E-state index in [-0.39, 0.29) is 31.4 Å². The van der Waals surface area contributed by atoms with Gasteiger partial charge in [-0.2, -0.15) is 0 Å². The van der Waals surface area contributed by atoms with Crippen LogP contribution in [0.1, 0.15) is 61.8 Å². The number of Topliss-reactive ketones (excluding diaryl/α,β-unsaturated/α-hetero) is 1. The third kappa shape index (κ3) is 8.10. The molecule has 0 radical (unpaired) electrons. The molecule has 44 heavy (non-hydrogen) atoms. The maximum absolute atomic E-state index is 14.2. The molecule has 0 bridgehead atoms. The lowest BCUT2D eigenvalue weighted by Crippen LogP contribution is -2.60. The first-order valence-electron chi connectivity index (χ1n) is 14.8. The number of ether oxygens (including phenoxy) is 2. The van der Waals surface area contributed by atoms with E-state index in [1.807, 2.05) is 20.8 Å². The maximum Gasteiger partial charge on any atom is 0.289 e. The number of likely N-dealkylation sites (N-methyl/N-ethyl adjacent to an activating group) is 1. The van der Waals surface area contributed by atoms with Gasteiger partial charge in [-0.1, -0.05) is 20.8 Å². The number of fused-ring (bicyclic) bond motifs is 1. The summed E-state index contributed by atoms with van der Waals surface area (Å²) in [4.78, 5) is 56.9. The van der Waals surface area contributed by atoms with Crippen LogP contribution in [0.5, 0.6) is 5.75 Å². The fraction of sp³-hybridized carbons (Fsp3) is 0.677. The second-order valence-corrected chi connectivity index (χ2v) is 13.7. The van der Waals surface area contributed by atoms with E-state index in [0.717, 1.165) is 12.1 Å². The normalized spacial score (nSPS) is 22.4. The highest BCUT2D eigenvalue weighted by Gasteiger charge is 2.54. The minimum Gasteiger partial charge on any atom is -0.493 e. The smallest absolute Gasteiger partial charge is 0.289 e. The fourth-order valence-electron chi connectivity index (χ4n) is 5.67. The lowest BCUT2D eigenvalue weighted by atomic mass is 9.85. The number of carbonyl (C=O) groups is 4. The first-order valence-corrected chi connectivity index (χ1v) is 14.8. The largest absolute Gasteiger partial charge is 0.493 e. The number of carbonyl (C=O) groups excluding carboxylic acids is 4. The number of halogens is 2. The zero-order valence-corrected chi connectivity index (χ0v) is 27.0. The molecule has 2 aliphatic rings. The minimum atomic E-state index is -1.36. The molecule has 1 aromatic rings. The van der Waals surface area contributed by atoms with Crippen LogP contribution in [0.3, 0.4) is 0 Å². The van der Waals surface area contributed by atoms with Crippen LogP contribution in [-0.4, -0.2) is 106 Å². The molecule has 2 fully saturated rings. The topological polar surface area (TPSA) is 129 Å². The summed E-state index contributed by atoms with van der Waals surface area (Å²) in [6.07, 6.45) is -0.949. The summed E-state index contributed by atoms with van der Waals surface area (Å²) in [7, 11) is 1.54. The van der Waals surface area contributed by atoms with Crippen molar-refractivity contribution in [3.63, 3.8) is 0 Å². The fourth-order valence-corrected chi connectivity index (χ4v) is 5.67. The van der Waals surface area contributed by atoms with E-state index in [1.165, 1.54) is 29.8 Å². The molecular weight excluding hydrogens is 578 g/mol. The van der Waals surface area contributed by atoms with Gasteiger partial charge in [-0.3, -0.25) is 19.2 Å². The molecule has 0 spiro atoms. The number of benzene rings is 1. The van der Waals surface area contributed by atoms with Crippen molar-refractivity contribution < 1.29 is 42.5 Å². The molecular formula is C31H46F2N4O7. The maximum atomic E-state index is 14.2. The number of nitrogens with zero attached hydrogens (tertiary/aromatic N) is 3. The zero-order valence-electron chi connectivity index (χ0n) is 27.0. The number of aliphatic hydroxyl groups excluding tert-OH is 1. The monoisotopic (exact) mass is 624 g/mol. The van der Waals surface area contributed by atoms with Gasteiger partial charge in [-0.05, 0) is 58.7 Å². The van der Waals surface area contributed by atoms with E-state index in [0.29, 0.717) is 6.42 Å². The number of amides is 3. The third-order valence-corrected chi connectivity index (χ3v) is 8.13. The Labute approximate surface area is 257 Å². The van der Waals surface area contributed by atoms with E-state index in [9.17, 15) is 33.1 Å². The van der Waals surface area contributed by atoms with Crippen molar-refractivity contribution >= 4 is 23.5 Å². The molecule has 6 unspecified atom stereocenters. The van der Waals surface area contributed by atoms with Crippen molar-refractivity contribution in [1.29, 1.82) is 0 Å². The van der Waals surface area contributed by atoms with Gasteiger partial charge in [0.2, 0.25) is 24.0 Å². The second kappa shape index (κ2) is 13.5.